The van der Waals surface area contributed by atoms with Gasteiger partial charge in [-0.2, -0.15) is 0 Å². The zero-order valence-corrected chi connectivity index (χ0v) is 16.2. The smallest absolute Gasteiger partial charge is 0.310 e. The largest absolute Gasteiger partial charge is 0.453 e. The van der Waals surface area contributed by atoms with Crippen LogP contribution in [-0.4, -0.2) is 11.0 Å². The summed E-state index contributed by atoms with van der Waals surface area (Å²) < 4.78 is 5.74. The topological polar surface area (TPSA) is 51.2 Å². The van der Waals surface area contributed by atoms with E-state index in [0.717, 1.165) is 29.4 Å². The maximum absolute atomic E-state index is 12.3. The number of thiazole rings is 1. The lowest BCUT2D eigenvalue weighted by Crippen LogP contribution is -2.21. The molecule has 0 radical (unpaired) electrons. The first-order chi connectivity index (χ1) is 11.9. The molecule has 0 saturated carbocycles. The zero-order chi connectivity index (χ0) is 18.0. The van der Waals surface area contributed by atoms with Gasteiger partial charge in [0.2, 0.25) is 0 Å². The summed E-state index contributed by atoms with van der Waals surface area (Å²) in [5, 5.41) is 6.19. The van der Waals surface area contributed by atoms with E-state index in [4.69, 9.17) is 9.72 Å². The van der Waals surface area contributed by atoms with Crippen LogP contribution in [0.4, 0.5) is 10.8 Å². The molecule has 1 fully saturated rings. The monoisotopic (exact) mass is 358 g/mol. The van der Waals surface area contributed by atoms with Crippen molar-refractivity contribution in [3.05, 3.63) is 40.9 Å². The molecule has 1 aromatic heterocycles. The number of benzene rings is 1. The van der Waals surface area contributed by atoms with Gasteiger partial charge in [0.1, 0.15) is 0 Å². The number of cyclic esters (lactones) is 1. The summed E-state index contributed by atoms with van der Waals surface area (Å²) in [6.07, 6.45) is 2.66. The van der Waals surface area contributed by atoms with Crippen LogP contribution in [0.3, 0.4) is 0 Å². The second kappa shape index (κ2) is 7.16. The summed E-state index contributed by atoms with van der Waals surface area (Å²) in [5.74, 6) is 0.510. The fourth-order valence-corrected chi connectivity index (χ4v) is 4.06. The fourth-order valence-electron chi connectivity index (χ4n) is 3.21. The number of carbonyl (C=O) groups excluding carboxylic acids is 1. The van der Waals surface area contributed by atoms with Crippen LogP contribution in [0.5, 0.6) is 0 Å². The Balaban J connectivity index is 1.71. The van der Waals surface area contributed by atoms with Gasteiger partial charge in [-0.25, -0.2) is 4.98 Å². The Morgan fingerprint density at radius 3 is 2.88 bits per heavy atom. The summed E-state index contributed by atoms with van der Waals surface area (Å²) in [5.41, 5.74) is 2.45. The van der Waals surface area contributed by atoms with Gasteiger partial charge in [0.15, 0.2) is 10.7 Å². The van der Waals surface area contributed by atoms with Crippen molar-refractivity contribution in [3.8, 4) is 0 Å². The van der Waals surface area contributed by atoms with Crippen LogP contribution >= 0.6 is 11.3 Å². The maximum atomic E-state index is 12.3. The quantitative estimate of drug-likeness (QED) is 0.702. The molecule has 0 amide bonds. The van der Waals surface area contributed by atoms with Gasteiger partial charge in [-0.1, -0.05) is 38.5 Å². The first kappa shape index (κ1) is 17.9. The van der Waals surface area contributed by atoms with E-state index in [0.29, 0.717) is 12.3 Å². The van der Waals surface area contributed by atoms with Crippen LogP contribution in [0.15, 0.2) is 29.6 Å². The molecule has 0 aliphatic carbocycles. The average molecular weight is 359 g/mol. The van der Waals surface area contributed by atoms with Gasteiger partial charge < -0.3 is 10.1 Å². The van der Waals surface area contributed by atoms with Gasteiger partial charge in [-0.3, -0.25) is 4.79 Å². The number of hydrogen-bond donors (Lipinski definition) is 1. The predicted octanol–water partition coefficient (Wildman–Crippen LogP) is 5.41. The van der Waals surface area contributed by atoms with Gasteiger partial charge in [0.25, 0.3) is 0 Å². The second-order valence-corrected chi connectivity index (χ2v) is 8.36. The molecule has 0 unspecified atom stereocenters. The molecule has 134 valence electrons. The van der Waals surface area contributed by atoms with Crippen LogP contribution in [0.1, 0.15) is 51.3 Å². The Bertz CT molecular complexity index is 756. The highest BCUT2D eigenvalue weighted by atomic mass is 32.1. The van der Waals surface area contributed by atoms with Gasteiger partial charge in [-0.15, -0.1) is 11.3 Å². The molecule has 1 saturated heterocycles. The van der Waals surface area contributed by atoms with Crippen LogP contribution in [-0.2, 0) is 15.1 Å². The SMILES string of the molecule is Cc1ccccc1Nc1nc([C@]2(C)C[C@H](CCC(C)C)C(=O)O2)cs1. The molecule has 1 aromatic carbocycles. The van der Waals surface area contributed by atoms with E-state index in [1.807, 2.05) is 30.5 Å². The number of rotatable bonds is 6. The molecule has 1 aliphatic heterocycles. The molecule has 3 rings (SSSR count). The van der Waals surface area contributed by atoms with E-state index in [1.54, 1.807) is 11.3 Å². The Kier molecular flexibility index (Phi) is 5.13. The second-order valence-electron chi connectivity index (χ2n) is 7.50. The number of ether oxygens (including phenoxy) is 1. The maximum Gasteiger partial charge on any atom is 0.310 e. The number of esters is 1. The fraction of sp³-hybridized carbons (Fsp3) is 0.500. The Morgan fingerprint density at radius 1 is 1.40 bits per heavy atom. The highest BCUT2D eigenvalue weighted by molar-refractivity contribution is 7.13. The summed E-state index contributed by atoms with van der Waals surface area (Å²) in [4.78, 5) is 17.0. The highest BCUT2D eigenvalue weighted by Gasteiger charge is 2.45. The Hall–Kier alpha value is -1.88. The van der Waals surface area contributed by atoms with E-state index < -0.39 is 5.60 Å². The molecule has 25 heavy (non-hydrogen) atoms. The van der Waals surface area contributed by atoms with Crippen molar-refractivity contribution in [1.29, 1.82) is 0 Å². The number of para-hydroxylation sites is 1. The molecule has 0 bridgehead atoms. The molecule has 5 heteroatoms. The van der Waals surface area contributed by atoms with E-state index in [1.165, 1.54) is 5.56 Å². The number of carbonyl (C=O) groups is 1. The van der Waals surface area contributed by atoms with E-state index in [9.17, 15) is 4.79 Å². The molecule has 2 atom stereocenters. The third-order valence-electron chi connectivity index (χ3n) is 4.82. The normalized spacial score (nSPS) is 23.1. The lowest BCUT2D eigenvalue weighted by atomic mass is 9.89. The van der Waals surface area contributed by atoms with Crippen molar-refractivity contribution in [2.24, 2.45) is 11.8 Å². The Labute approximate surface area is 153 Å². The predicted molar refractivity (Wildman–Crippen MR) is 102 cm³/mol. The minimum atomic E-state index is -0.610. The van der Waals surface area contributed by atoms with Crippen molar-refractivity contribution < 1.29 is 9.53 Å². The van der Waals surface area contributed by atoms with Crippen molar-refractivity contribution in [1.82, 2.24) is 4.98 Å². The number of nitrogens with zero attached hydrogens (tertiary/aromatic N) is 1. The number of aromatic nitrogens is 1. The van der Waals surface area contributed by atoms with Gasteiger partial charge >= 0.3 is 5.97 Å². The minimum absolute atomic E-state index is 0.0122. The van der Waals surface area contributed by atoms with Crippen molar-refractivity contribution in [3.63, 3.8) is 0 Å². The zero-order valence-electron chi connectivity index (χ0n) is 15.3. The summed E-state index contributed by atoms with van der Waals surface area (Å²) >= 11 is 1.55. The van der Waals surface area contributed by atoms with E-state index >= 15 is 0 Å². The van der Waals surface area contributed by atoms with Crippen LogP contribution in [0.25, 0.3) is 0 Å². The minimum Gasteiger partial charge on any atom is -0.453 e. The average Bonchev–Trinajstić information content (AvgIpc) is 3.13. The van der Waals surface area contributed by atoms with E-state index in [-0.39, 0.29) is 11.9 Å². The van der Waals surface area contributed by atoms with Crippen molar-refractivity contribution in [2.45, 2.75) is 52.6 Å². The number of nitrogens with one attached hydrogen (secondary N) is 1. The first-order valence-corrected chi connectivity index (χ1v) is 9.77. The van der Waals surface area contributed by atoms with Gasteiger partial charge in [0, 0.05) is 17.5 Å². The molecular formula is C20H26N2O2S. The highest BCUT2D eigenvalue weighted by Crippen LogP contribution is 2.42. The van der Waals surface area contributed by atoms with Crippen LogP contribution in [0, 0.1) is 18.8 Å². The lowest BCUT2D eigenvalue weighted by molar-refractivity contribution is -0.150. The summed E-state index contributed by atoms with van der Waals surface area (Å²) in [6, 6.07) is 8.12. The van der Waals surface area contributed by atoms with Crippen LogP contribution in [0.2, 0.25) is 0 Å². The molecule has 0 spiro atoms. The molecule has 2 aromatic rings. The van der Waals surface area contributed by atoms with Gasteiger partial charge in [0.05, 0.1) is 11.6 Å². The number of aryl methyl sites for hydroxylation is 1. The third-order valence-corrected chi connectivity index (χ3v) is 5.58. The van der Waals surface area contributed by atoms with Crippen molar-refractivity contribution in [2.75, 3.05) is 5.32 Å². The molecule has 2 heterocycles. The van der Waals surface area contributed by atoms with E-state index in [2.05, 4.69) is 32.2 Å². The Morgan fingerprint density at radius 2 is 2.16 bits per heavy atom. The number of hydrogen-bond acceptors (Lipinski definition) is 5. The van der Waals surface area contributed by atoms with Crippen LogP contribution < -0.4 is 5.32 Å². The molecular weight excluding hydrogens is 332 g/mol. The summed E-state index contributed by atoms with van der Waals surface area (Å²) in [7, 11) is 0. The lowest BCUT2D eigenvalue weighted by Gasteiger charge is -2.20. The number of anilines is 2. The standard InChI is InChI=1S/C20H26N2O2S/c1-13(2)9-10-15-11-20(4,24-18(15)23)17-12-25-19(22-17)21-16-8-6-5-7-14(16)3/h5-8,12-13,15H,9-11H2,1-4H3,(H,21,22)/t15-,20-/m0/s1. The third kappa shape index (κ3) is 4.03. The van der Waals surface area contributed by atoms with Gasteiger partial charge in [-0.05, 0) is 37.8 Å². The molecule has 1 aliphatic rings. The molecule has 1 N–H and O–H groups in total. The first-order valence-electron chi connectivity index (χ1n) is 8.89. The van der Waals surface area contributed by atoms with Crippen molar-refractivity contribution >= 4 is 28.1 Å². The molecule has 4 nitrogen and oxygen atoms in total. The summed E-state index contributed by atoms with van der Waals surface area (Å²) in [6.45, 7) is 8.41.